The highest BCUT2D eigenvalue weighted by molar-refractivity contribution is 6.32. The Labute approximate surface area is 124 Å². The Morgan fingerprint density at radius 3 is 1.50 bits per heavy atom. The van der Waals surface area contributed by atoms with E-state index in [9.17, 15) is 9.59 Å². The second-order valence-electron chi connectivity index (χ2n) is 4.29. The van der Waals surface area contributed by atoms with Crippen LogP contribution in [0.4, 0.5) is 11.4 Å². The van der Waals surface area contributed by atoms with Gasteiger partial charge in [-0.3, -0.25) is 9.59 Å². The summed E-state index contributed by atoms with van der Waals surface area (Å²) in [6.07, 6.45) is 0. The van der Waals surface area contributed by atoms with Crippen LogP contribution in [-0.4, -0.2) is 11.8 Å². The highest BCUT2D eigenvalue weighted by atomic mass is 35.5. The molecule has 1 heterocycles. The van der Waals surface area contributed by atoms with Crippen LogP contribution in [0.1, 0.15) is 20.7 Å². The molecule has 0 spiro atoms. The Balaban J connectivity index is 2.15. The fourth-order valence-electron chi connectivity index (χ4n) is 2.02. The molecule has 2 aromatic carbocycles. The van der Waals surface area contributed by atoms with Crippen molar-refractivity contribution in [3.05, 3.63) is 57.6 Å². The molecule has 0 saturated carbocycles. The van der Waals surface area contributed by atoms with Gasteiger partial charge >= 0.3 is 0 Å². The highest BCUT2D eigenvalue weighted by Gasteiger charge is 2.22. The molecular weight excluding hydrogens is 299 g/mol. The van der Waals surface area contributed by atoms with Gasteiger partial charge in [-0.15, -0.1) is 0 Å². The predicted molar refractivity (Wildman–Crippen MR) is 78.8 cm³/mol. The van der Waals surface area contributed by atoms with Crippen LogP contribution >= 0.6 is 23.2 Å². The standard InChI is InChI=1S/C14H8Cl2N2O2/c15-7-1-3-9-11(5-7)17-14(20)10-4-2-8(16)6-12(10)18-13(9)19/h1-6H,(H,17,20)(H,18,19). The molecule has 2 amide bonds. The van der Waals surface area contributed by atoms with E-state index >= 15 is 0 Å². The number of fused-ring (bicyclic) bond motifs is 2. The molecule has 1 aliphatic heterocycles. The van der Waals surface area contributed by atoms with E-state index in [0.29, 0.717) is 32.5 Å². The molecule has 4 nitrogen and oxygen atoms in total. The molecule has 3 rings (SSSR count). The Bertz CT molecular complexity index is 680. The van der Waals surface area contributed by atoms with E-state index in [1.165, 1.54) is 12.1 Å². The summed E-state index contributed by atoms with van der Waals surface area (Å²) in [5.41, 5.74) is 1.43. The first-order valence-electron chi connectivity index (χ1n) is 5.76. The summed E-state index contributed by atoms with van der Waals surface area (Å²) in [5.74, 6) is -0.666. The van der Waals surface area contributed by atoms with E-state index in [2.05, 4.69) is 10.6 Å². The first kappa shape index (κ1) is 13.0. The van der Waals surface area contributed by atoms with Crippen molar-refractivity contribution < 1.29 is 9.59 Å². The number of benzene rings is 2. The van der Waals surface area contributed by atoms with Crippen molar-refractivity contribution in [3.63, 3.8) is 0 Å². The number of hydrogen-bond acceptors (Lipinski definition) is 2. The molecule has 0 radical (unpaired) electrons. The molecule has 20 heavy (non-hydrogen) atoms. The average Bonchev–Trinajstić information content (AvgIpc) is 2.37. The van der Waals surface area contributed by atoms with Crippen molar-refractivity contribution in [3.8, 4) is 0 Å². The van der Waals surface area contributed by atoms with Crippen molar-refractivity contribution in [1.29, 1.82) is 0 Å². The minimum atomic E-state index is -0.333. The van der Waals surface area contributed by atoms with Crippen LogP contribution < -0.4 is 10.6 Å². The van der Waals surface area contributed by atoms with Gasteiger partial charge in [0.25, 0.3) is 11.8 Å². The fraction of sp³-hybridized carbons (Fsp3) is 0. The monoisotopic (exact) mass is 306 g/mol. The second-order valence-corrected chi connectivity index (χ2v) is 5.16. The van der Waals surface area contributed by atoms with Gasteiger partial charge in [-0.2, -0.15) is 0 Å². The minimum Gasteiger partial charge on any atom is -0.321 e. The van der Waals surface area contributed by atoms with Crippen molar-refractivity contribution in [2.24, 2.45) is 0 Å². The Morgan fingerprint density at radius 2 is 1.10 bits per heavy atom. The van der Waals surface area contributed by atoms with Crippen molar-refractivity contribution in [2.45, 2.75) is 0 Å². The summed E-state index contributed by atoms with van der Waals surface area (Å²) < 4.78 is 0. The molecule has 0 saturated heterocycles. The molecule has 0 unspecified atom stereocenters. The molecule has 0 aromatic heterocycles. The molecular formula is C14H8Cl2N2O2. The fourth-order valence-corrected chi connectivity index (χ4v) is 2.36. The van der Waals surface area contributed by atoms with Crippen LogP contribution in [0.2, 0.25) is 10.0 Å². The lowest BCUT2D eigenvalue weighted by atomic mass is 10.1. The molecule has 0 bridgehead atoms. The summed E-state index contributed by atoms with van der Waals surface area (Å²) in [7, 11) is 0. The minimum absolute atomic E-state index is 0.333. The first-order valence-corrected chi connectivity index (χ1v) is 6.52. The third-order valence-corrected chi connectivity index (χ3v) is 3.42. The first-order chi connectivity index (χ1) is 9.54. The third kappa shape index (κ3) is 2.24. The summed E-state index contributed by atoms with van der Waals surface area (Å²) >= 11 is 11.8. The molecule has 6 heteroatoms. The van der Waals surface area contributed by atoms with Gasteiger partial charge in [-0.25, -0.2) is 0 Å². The van der Waals surface area contributed by atoms with E-state index in [1.54, 1.807) is 24.3 Å². The zero-order chi connectivity index (χ0) is 14.3. The quantitative estimate of drug-likeness (QED) is 0.777. The molecule has 0 atom stereocenters. The molecule has 2 N–H and O–H groups in total. The van der Waals surface area contributed by atoms with Crippen LogP contribution in [0, 0.1) is 0 Å². The maximum Gasteiger partial charge on any atom is 0.257 e. The average molecular weight is 307 g/mol. The van der Waals surface area contributed by atoms with E-state index in [-0.39, 0.29) is 11.8 Å². The number of hydrogen-bond donors (Lipinski definition) is 2. The van der Waals surface area contributed by atoms with Gasteiger partial charge in [-0.05, 0) is 36.4 Å². The van der Waals surface area contributed by atoms with E-state index in [1.807, 2.05) is 0 Å². The SMILES string of the molecule is O=C1Nc2cc(Cl)ccc2C(=O)Nc2cc(Cl)ccc21. The topological polar surface area (TPSA) is 58.2 Å². The number of nitrogens with one attached hydrogen (secondary N) is 2. The molecule has 1 aliphatic rings. The van der Waals surface area contributed by atoms with Crippen LogP contribution in [0.15, 0.2) is 36.4 Å². The second kappa shape index (κ2) is 4.81. The molecule has 0 aliphatic carbocycles. The van der Waals surface area contributed by atoms with Gasteiger partial charge in [0, 0.05) is 10.0 Å². The van der Waals surface area contributed by atoms with E-state index in [4.69, 9.17) is 23.2 Å². The summed E-state index contributed by atoms with van der Waals surface area (Å²) in [6.45, 7) is 0. The largest absolute Gasteiger partial charge is 0.321 e. The van der Waals surface area contributed by atoms with Crippen LogP contribution in [0.5, 0.6) is 0 Å². The van der Waals surface area contributed by atoms with Gasteiger partial charge in [0.05, 0.1) is 22.5 Å². The van der Waals surface area contributed by atoms with Crippen LogP contribution in [-0.2, 0) is 0 Å². The number of rotatable bonds is 0. The molecule has 2 aromatic rings. The maximum absolute atomic E-state index is 12.2. The van der Waals surface area contributed by atoms with Gasteiger partial charge in [0.1, 0.15) is 0 Å². The van der Waals surface area contributed by atoms with E-state index in [0.717, 1.165) is 0 Å². The maximum atomic E-state index is 12.2. The van der Waals surface area contributed by atoms with E-state index < -0.39 is 0 Å². The summed E-state index contributed by atoms with van der Waals surface area (Å²) in [4.78, 5) is 24.4. The van der Waals surface area contributed by atoms with Gasteiger partial charge in [0.2, 0.25) is 0 Å². The summed E-state index contributed by atoms with van der Waals surface area (Å²) in [6, 6.07) is 9.37. The lowest BCUT2D eigenvalue weighted by molar-refractivity contribution is 0.102. The van der Waals surface area contributed by atoms with Crippen molar-refractivity contribution >= 4 is 46.4 Å². The molecule has 0 fully saturated rings. The van der Waals surface area contributed by atoms with Crippen molar-refractivity contribution in [1.82, 2.24) is 0 Å². The van der Waals surface area contributed by atoms with Crippen LogP contribution in [0.3, 0.4) is 0 Å². The van der Waals surface area contributed by atoms with Gasteiger partial charge < -0.3 is 10.6 Å². The van der Waals surface area contributed by atoms with Crippen LogP contribution in [0.25, 0.3) is 0 Å². The van der Waals surface area contributed by atoms with Gasteiger partial charge in [-0.1, -0.05) is 23.2 Å². The number of halogens is 2. The normalized spacial score (nSPS) is 13.5. The Morgan fingerprint density at radius 1 is 0.700 bits per heavy atom. The lowest BCUT2D eigenvalue weighted by Gasteiger charge is -2.18. The number of amides is 2. The number of carbonyl (C=O) groups is 2. The third-order valence-electron chi connectivity index (χ3n) is 2.95. The smallest absolute Gasteiger partial charge is 0.257 e. The molecule has 100 valence electrons. The van der Waals surface area contributed by atoms with Crippen molar-refractivity contribution in [2.75, 3.05) is 10.6 Å². The highest BCUT2D eigenvalue weighted by Crippen LogP contribution is 2.28. The number of carbonyl (C=O) groups excluding carboxylic acids is 2. The Kier molecular flexibility index (Phi) is 3.12. The number of anilines is 2. The zero-order valence-electron chi connectivity index (χ0n) is 10.0. The van der Waals surface area contributed by atoms with Gasteiger partial charge in [0.15, 0.2) is 0 Å². The predicted octanol–water partition coefficient (Wildman–Crippen LogP) is 3.81. The Hall–Kier alpha value is -2.04. The summed E-state index contributed by atoms with van der Waals surface area (Å²) in [5, 5.41) is 6.24. The lowest BCUT2D eigenvalue weighted by Crippen LogP contribution is -2.24. The zero-order valence-corrected chi connectivity index (χ0v) is 11.5.